The number of guanidine groups is 1. The Morgan fingerprint density at radius 3 is 2.90 bits per heavy atom. The molecule has 0 amide bonds. The third-order valence-corrected chi connectivity index (χ3v) is 5.30. The second-order valence-corrected chi connectivity index (χ2v) is 7.85. The van der Waals surface area contributed by atoms with Gasteiger partial charge < -0.3 is 24.2 Å². The minimum atomic E-state index is 0.319. The second kappa shape index (κ2) is 12.6. The average Bonchev–Trinajstić information content (AvgIpc) is 3.26. The third-order valence-electron chi connectivity index (χ3n) is 5.06. The highest BCUT2D eigenvalue weighted by molar-refractivity contribution is 6.30. The predicted molar refractivity (Wildman–Crippen MR) is 121 cm³/mol. The van der Waals surface area contributed by atoms with Gasteiger partial charge in [0.1, 0.15) is 0 Å². The molecule has 170 valence electrons. The Labute approximate surface area is 189 Å². The molecule has 1 aliphatic rings. The number of hydrogen-bond acceptors (Lipinski definition) is 6. The van der Waals surface area contributed by atoms with E-state index in [0.29, 0.717) is 35.8 Å². The van der Waals surface area contributed by atoms with E-state index in [9.17, 15) is 0 Å². The molecular weight excluding hydrogens is 418 g/mol. The van der Waals surface area contributed by atoms with Gasteiger partial charge in [-0.1, -0.05) is 28.9 Å². The number of methoxy groups -OCH3 is 1. The SMILES string of the molecule is CCNC(=NCCc1nc(-c2cccc(Cl)c2)no1)N1CCC(OCCCOC)CC1. The molecule has 2 aromatic rings. The van der Waals surface area contributed by atoms with E-state index in [0.717, 1.165) is 63.6 Å². The van der Waals surface area contributed by atoms with Crippen LogP contribution in [0.2, 0.25) is 5.02 Å². The van der Waals surface area contributed by atoms with Crippen LogP contribution in [0.3, 0.4) is 0 Å². The van der Waals surface area contributed by atoms with Crippen LogP contribution in [0.1, 0.15) is 32.1 Å². The lowest BCUT2D eigenvalue weighted by Gasteiger charge is -2.34. The van der Waals surface area contributed by atoms with Crippen LogP contribution in [-0.4, -0.2) is 73.6 Å². The summed E-state index contributed by atoms with van der Waals surface area (Å²) in [4.78, 5) is 11.5. The molecule has 1 aromatic heterocycles. The number of rotatable bonds is 10. The summed E-state index contributed by atoms with van der Waals surface area (Å²) >= 11 is 6.04. The standard InChI is InChI=1S/C22H32ClN5O3/c1-3-24-22(28-12-9-19(10-13-28)30-15-5-14-29-2)25-11-8-20-26-21(27-31-20)17-6-4-7-18(23)16-17/h4,6-7,16,19H,3,5,8-15H2,1-2H3,(H,24,25). The fourth-order valence-electron chi connectivity index (χ4n) is 3.47. The Bertz CT molecular complexity index is 821. The molecule has 1 saturated heterocycles. The van der Waals surface area contributed by atoms with Crippen LogP contribution in [0.5, 0.6) is 0 Å². The van der Waals surface area contributed by atoms with Crippen LogP contribution in [0.25, 0.3) is 11.4 Å². The van der Waals surface area contributed by atoms with Gasteiger partial charge in [-0.25, -0.2) is 0 Å². The first-order valence-corrected chi connectivity index (χ1v) is 11.3. The summed E-state index contributed by atoms with van der Waals surface area (Å²) < 4.78 is 16.4. The minimum absolute atomic E-state index is 0.319. The van der Waals surface area contributed by atoms with E-state index in [1.165, 1.54) is 0 Å². The van der Waals surface area contributed by atoms with Gasteiger partial charge in [0.25, 0.3) is 0 Å². The third kappa shape index (κ3) is 7.48. The summed E-state index contributed by atoms with van der Waals surface area (Å²) in [5, 5.41) is 8.09. The molecule has 2 heterocycles. The lowest BCUT2D eigenvalue weighted by molar-refractivity contribution is 0.00991. The number of nitrogens with one attached hydrogen (secondary N) is 1. The maximum Gasteiger partial charge on any atom is 0.228 e. The topological polar surface area (TPSA) is 85.0 Å². The summed E-state index contributed by atoms with van der Waals surface area (Å²) in [6.45, 7) is 6.85. The van der Waals surface area contributed by atoms with Gasteiger partial charge in [0.15, 0.2) is 5.96 Å². The van der Waals surface area contributed by atoms with Crippen LogP contribution in [-0.2, 0) is 15.9 Å². The number of likely N-dealkylation sites (tertiary alicyclic amines) is 1. The molecular formula is C22H32ClN5O3. The van der Waals surface area contributed by atoms with E-state index in [4.69, 9.17) is 30.6 Å². The maximum atomic E-state index is 6.04. The number of aromatic nitrogens is 2. The summed E-state index contributed by atoms with van der Waals surface area (Å²) in [5.41, 5.74) is 0.839. The van der Waals surface area contributed by atoms with Crippen molar-refractivity contribution in [2.45, 2.75) is 38.7 Å². The fourth-order valence-corrected chi connectivity index (χ4v) is 3.66. The molecule has 1 N–H and O–H groups in total. The van der Waals surface area contributed by atoms with Crippen LogP contribution in [0, 0.1) is 0 Å². The van der Waals surface area contributed by atoms with E-state index in [-0.39, 0.29) is 0 Å². The highest BCUT2D eigenvalue weighted by atomic mass is 35.5. The monoisotopic (exact) mass is 449 g/mol. The van der Waals surface area contributed by atoms with Gasteiger partial charge >= 0.3 is 0 Å². The molecule has 9 heteroatoms. The van der Waals surface area contributed by atoms with E-state index in [1.807, 2.05) is 24.3 Å². The number of piperidine rings is 1. The van der Waals surface area contributed by atoms with Crippen LogP contribution < -0.4 is 5.32 Å². The molecule has 0 unspecified atom stereocenters. The Morgan fingerprint density at radius 1 is 1.32 bits per heavy atom. The van der Waals surface area contributed by atoms with E-state index in [1.54, 1.807) is 7.11 Å². The smallest absolute Gasteiger partial charge is 0.228 e. The minimum Gasteiger partial charge on any atom is -0.385 e. The molecule has 0 radical (unpaired) electrons. The highest BCUT2D eigenvalue weighted by Gasteiger charge is 2.22. The zero-order valence-electron chi connectivity index (χ0n) is 18.3. The van der Waals surface area contributed by atoms with E-state index >= 15 is 0 Å². The predicted octanol–water partition coefficient (Wildman–Crippen LogP) is 3.42. The summed E-state index contributed by atoms with van der Waals surface area (Å²) in [7, 11) is 1.72. The van der Waals surface area contributed by atoms with Crippen molar-refractivity contribution >= 4 is 17.6 Å². The quantitative estimate of drug-likeness (QED) is 0.338. The van der Waals surface area contributed by atoms with Crippen molar-refractivity contribution in [3.8, 4) is 11.4 Å². The number of ether oxygens (including phenoxy) is 2. The molecule has 0 spiro atoms. The molecule has 1 fully saturated rings. The lowest BCUT2D eigenvalue weighted by Crippen LogP contribution is -2.47. The Morgan fingerprint density at radius 2 is 2.16 bits per heavy atom. The number of halogens is 1. The fraction of sp³-hybridized carbons (Fsp3) is 0.591. The zero-order chi connectivity index (χ0) is 21.9. The lowest BCUT2D eigenvalue weighted by atomic mass is 10.1. The van der Waals surface area contributed by atoms with E-state index < -0.39 is 0 Å². The van der Waals surface area contributed by atoms with Crippen LogP contribution >= 0.6 is 11.6 Å². The van der Waals surface area contributed by atoms with Crippen LogP contribution in [0.4, 0.5) is 0 Å². The maximum absolute atomic E-state index is 6.04. The van der Waals surface area contributed by atoms with Crippen molar-refractivity contribution in [1.82, 2.24) is 20.4 Å². The van der Waals surface area contributed by atoms with Crippen molar-refractivity contribution in [3.63, 3.8) is 0 Å². The largest absolute Gasteiger partial charge is 0.385 e. The van der Waals surface area contributed by atoms with Crippen LogP contribution in [0.15, 0.2) is 33.8 Å². The van der Waals surface area contributed by atoms with Crippen molar-refractivity contribution in [1.29, 1.82) is 0 Å². The van der Waals surface area contributed by atoms with Crippen molar-refractivity contribution in [3.05, 3.63) is 35.2 Å². The van der Waals surface area contributed by atoms with Gasteiger partial charge in [0.2, 0.25) is 11.7 Å². The van der Waals surface area contributed by atoms with Gasteiger partial charge in [-0.05, 0) is 38.3 Å². The molecule has 0 aliphatic carbocycles. The highest BCUT2D eigenvalue weighted by Crippen LogP contribution is 2.20. The summed E-state index contributed by atoms with van der Waals surface area (Å²) in [6.07, 6.45) is 3.85. The first-order chi connectivity index (χ1) is 15.2. The molecule has 0 atom stereocenters. The molecule has 1 aliphatic heterocycles. The first-order valence-electron chi connectivity index (χ1n) is 10.9. The van der Waals surface area contributed by atoms with Crippen molar-refractivity contribution in [2.24, 2.45) is 4.99 Å². The Hall–Kier alpha value is -2.16. The van der Waals surface area contributed by atoms with Gasteiger partial charge in [-0.2, -0.15) is 4.98 Å². The van der Waals surface area contributed by atoms with E-state index in [2.05, 4.69) is 27.3 Å². The zero-order valence-corrected chi connectivity index (χ0v) is 19.1. The first kappa shape index (κ1) is 23.5. The number of aliphatic imine (C=N–C) groups is 1. The molecule has 8 nitrogen and oxygen atoms in total. The molecule has 0 bridgehead atoms. The normalized spacial score (nSPS) is 15.5. The summed E-state index contributed by atoms with van der Waals surface area (Å²) in [6, 6.07) is 7.42. The van der Waals surface area contributed by atoms with Gasteiger partial charge in [0.05, 0.1) is 12.6 Å². The molecule has 31 heavy (non-hydrogen) atoms. The Balaban J connectivity index is 1.48. The Kier molecular flexibility index (Phi) is 9.58. The molecule has 1 aromatic carbocycles. The van der Waals surface area contributed by atoms with Crippen molar-refractivity contribution < 1.29 is 14.0 Å². The molecule has 3 rings (SSSR count). The molecule has 0 saturated carbocycles. The summed E-state index contributed by atoms with van der Waals surface area (Å²) in [5.74, 6) is 2.04. The van der Waals surface area contributed by atoms with Gasteiger partial charge in [0, 0.05) is 57.0 Å². The second-order valence-electron chi connectivity index (χ2n) is 7.41. The average molecular weight is 450 g/mol. The number of hydrogen-bond donors (Lipinski definition) is 1. The van der Waals surface area contributed by atoms with Gasteiger partial charge in [-0.3, -0.25) is 4.99 Å². The van der Waals surface area contributed by atoms with Crippen molar-refractivity contribution in [2.75, 3.05) is 46.5 Å². The number of benzene rings is 1. The number of nitrogens with zero attached hydrogens (tertiary/aromatic N) is 4. The van der Waals surface area contributed by atoms with Gasteiger partial charge in [-0.15, -0.1) is 0 Å².